The lowest BCUT2D eigenvalue weighted by atomic mass is 10.1. The Labute approximate surface area is 200 Å². The van der Waals surface area contributed by atoms with E-state index in [0.29, 0.717) is 54.4 Å². The molecule has 1 atom stereocenters. The number of nitrogens with zero attached hydrogens (tertiary/aromatic N) is 6. The van der Waals surface area contributed by atoms with E-state index in [1.165, 1.54) is 18.5 Å². The van der Waals surface area contributed by atoms with E-state index in [2.05, 4.69) is 20.0 Å². The molecule has 10 nitrogen and oxygen atoms in total. The Kier molecular flexibility index (Phi) is 5.42. The number of rotatable bonds is 5. The molecule has 184 valence electrons. The van der Waals surface area contributed by atoms with Crippen molar-refractivity contribution in [1.29, 1.82) is 0 Å². The third-order valence-corrected chi connectivity index (χ3v) is 6.85. The molecule has 0 N–H and O–H groups in total. The molecule has 0 bridgehead atoms. The van der Waals surface area contributed by atoms with Crippen molar-refractivity contribution in [2.24, 2.45) is 0 Å². The van der Waals surface area contributed by atoms with Crippen LogP contribution >= 0.6 is 0 Å². The first-order valence-electron chi connectivity index (χ1n) is 11.9. The molecule has 5 heterocycles. The largest absolute Gasteiger partial charge is 0.379 e. The van der Waals surface area contributed by atoms with Crippen LogP contribution in [-0.4, -0.2) is 67.4 Å². The summed E-state index contributed by atoms with van der Waals surface area (Å²) in [7, 11) is 0. The zero-order valence-corrected chi connectivity index (χ0v) is 19.7. The summed E-state index contributed by atoms with van der Waals surface area (Å²) in [5, 5.41) is 4.11. The van der Waals surface area contributed by atoms with Gasteiger partial charge in [0, 0.05) is 26.2 Å². The molecule has 2 saturated heterocycles. The van der Waals surface area contributed by atoms with Crippen LogP contribution in [0.4, 0.5) is 4.39 Å². The SMILES string of the molecule is CC1(C)CCC(c2noc(-c3ncn4c3c(=O)n(CCN3CCOCC3)c3cc(F)ccc34)n2)O1. The number of ether oxygens (including phenoxy) is 2. The van der Waals surface area contributed by atoms with E-state index in [1.54, 1.807) is 15.0 Å². The van der Waals surface area contributed by atoms with E-state index < -0.39 is 5.82 Å². The van der Waals surface area contributed by atoms with Gasteiger partial charge in [0.05, 0.1) is 29.8 Å². The molecule has 0 radical (unpaired) electrons. The van der Waals surface area contributed by atoms with Crippen molar-refractivity contribution in [2.45, 2.75) is 44.9 Å². The van der Waals surface area contributed by atoms with E-state index in [1.807, 2.05) is 13.8 Å². The number of imidazole rings is 1. The van der Waals surface area contributed by atoms with Crippen LogP contribution in [-0.2, 0) is 16.0 Å². The maximum Gasteiger partial charge on any atom is 0.279 e. The molecular formula is C24H27FN6O4. The number of benzene rings is 1. The molecule has 11 heteroatoms. The monoisotopic (exact) mass is 482 g/mol. The minimum atomic E-state index is -0.405. The van der Waals surface area contributed by atoms with Crippen LogP contribution in [0.5, 0.6) is 0 Å². The molecule has 6 rings (SSSR count). The zero-order chi connectivity index (χ0) is 24.2. The highest BCUT2D eigenvalue weighted by Crippen LogP contribution is 2.38. The molecule has 2 aliphatic rings. The van der Waals surface area contributed by atoms with Crippen LogP contribution in [0.15, 0.2) is 33.8 Å². The maximum atomic E-state index is 14.2. The van der Waals surface area contributed by atoms with Crippen LogP contribution in [0.1, 0.15) is 38.6 Å². The number of morpholine rings is 1. The van der Waals surface area contributed by atoms with Crippen LogP contribution in [0.3, 0.4) is 0 Å². The van der Waals surface area contributed by atoms with Gasteiger partial charge in [-0.15, -0.1) is 0 Å². The second-order valence-electron chi connectivity index (χ2n) is 9.72. The predicted octanol–water partition coefficient (Wildman–Crippen LogP) is 2.80. The summed E-state index contributed by atoms with van der Waals surface area (Å²) in [6, 6.07) is 4.42. The van der Waals surface area contributed by atoms with Crippen molar-refractivity contribution in [3.8, 4) is 11.6 Å². The van der Waals surface area contributed by atoms with Gasteiger partial charge in [-0.2, -0.15) is 4.98 Å². The Morgan fingerprint density at radius 3 is 2.77 bits per heavy atom. The lowest BCUT2D eigenvalue weighted by molar-refractivity contribution is -0.0207. The molecule has 2 aliphatic heterocycles. The molecule has 35 heavy (non-hydrogen) atoms. The summed E-state index contributed by atoms with van der Waals surface area (Å²) < 4.78 is 34.5. The Morgan fingerprint density at radius 1 is 1.17 bits per heavy atom. The third kappa shape index (κ3) is 4.03. The molecule has 0 spiro atoms. The standard InChI is InChI=1S/C24H27FN6O4/c1-24(2)6-5-18(34-24)21-27-22(35-28-21)19-20-23(32)30(8-7-29-9-11-33-12-10-29)17-13-15(25)3-4-16(17)31(20)14-26-19/h3-4,13-14,18H,5-12H2,1-2H3. The summed E-state index contributed by atoms with van der Waals surface area (Å²) >= 11 is 0. The van der Waals surface area contributed by atoms with Crippen molar-refractivity contribution in [1.82, 2.24) is 29.0 Å². The Bertz CT molecular complexity index is 1450. The predicted molar refractivity (Wildman–Crippen MR) is 125 cm³/mol. The lowest BCUT2D eigenvalue weighted by Gasteiger charge is -2.27. The van der Waals surface area contributed by atoms with Gasteiger partial charge in [-0.1, -0.05) is 5.16 Å². The minimum absolute atomic E-state index is 0.161. The molecule has 1 unspecified atom stereocenters. The van der Waals surface area contributed by atoms with E-state index in [9.17, 15) is 9.18 Å². The third-order valence-electron chi connectivity index (χ3n) is 6.85. The average Bonchev–Trinajstić information content (AvgIpc) is 3.57. The van der Waals surface area contributed by atoms with Crippen molar-refractivity contribution in [3.63, 3.8) is 0 Å². The molecule has 1 aromatic carbocycles. The summed E-state index contributed by atoms with van der Waals surface area (Å²) in [4.78, 5) is 25.0. The first-order chi connectivity index (χ1) is 16.9. The molecule has 2 fully saturated rings. The molecular weight excluding hydrogens is 455 g/mol. The fraction of sp³-hybridized carbons (Fsp3) is 0.500. The second-order valence-corrected chi connectivity index (χ2v) is 9.72. The van der Waals surface area contributed by atoms with Gasteiger partial charge in [0.1, 0.15) is 23.8 Å². The Balaban J connectivity index is 1.43. The molecule has 0 saturated carbocycles. The van der Waals surface area contributed by atoms with Gasteiger partial charge in [0.25, 0.3) is 11.4 Å². The number of hydrogen-bond acceptors (Lipinski definition) is 8. The van der Waals surface area contributed by atoms with Crippen molar-refractivity contribution >= 4 is 16.6 Å². The van der Waals surface area contributed by atoms with E-state index in [0.717, 1.165) is 25.9 Å². The Hall–Kier alpha value is -3.15. The molecule has 4 aromatic rings. The van der Waals surface area contributed by atoms with E-state index >= 15 is 0 Å². The van der Waals surface area contributed by atoms with Gasteiger partial charge in [0.2, 0.25) is 5.82 Å². The molecule has 3 aromatic heterocycles. The van der Waals surface area contributed by atoms with Crippen molar-refractivity contribution in [3.05, 3.63) is 46.5 Å². The highest BCUT2D eigenvalue weighted by Gasteiger charge is 2.35. The smallest absolute Gasteiger partial charge is 0.279 e. The normalized spacial score (nSPS) is 20.8. The van der Waals surface area contributed by atoms with Gasteiger partial charge in [-0.25, -0.2) is 9.37 Å². The summed E-state index contributed by atoms with van der Waals surface area (Å²) in [5.41, 5.74) is 1.26. The lowest BCUT2D eigenvalue weighted by Crippen LogP contribution is -2.39. The Morgan fingerprint density at radius 2 is 2.00 bits per heavy atom. The highest BCUT2D eigenvalue weighted by molar-refractivity contribution is 5.83. The minimum Gasteiger partial charge on any atom is -0.379 e. The van der Waals surface area contributed by atoms with Crippen LogP contribution in [0.2, 0.25) is 0 Å². The topological polar surface area (TPSA) is 99.9 Å². The summed E-state index contributed by atoms with van der Waals surface area (Å²) in [6.07, 6.45) is 2.97. The molecule has 0 aliphatic carbocycles. The van der Waals surface area contributed by atoms with Gasteiger partial charge in [0.15, 0.2) is 5.69 Å². The van der Waals surface area contributed by atoms with Gasteiger partial charge < -0.3 is 18.6 Å². The van der Waals surface area contributed by atoms with Gasteiger partial charge in [-0.05, 0) is 44.9 Å². The number of fused-ring (bicyclic) bond motifs is 3. The van der Waals surface area contributed by atoms with E-state index in [4.69, 9.17) is 14.0 Å². The van der Waals surface area contributed by atoms with E-state index in [-0.39, 0.29) is 23.2 Å². The highest BCUT2D eigenvalue weighted by atomic mass is 19.1. The first-order valence-corrected chi connectivity index (χ1v) is 11.9. The number of aromatic nitrogens is 5. The quantitative estimate of drug-likeness (QED) is 0.428. The van der Waals surface area contributed by atoms with Crippen molar-refractivity contribution in [2.75, 3.05) is 32.8 Å². The van der Waals surface area contributed by atoms with Gasteiger partial charge in [-0.3, -0.25) is 14.1 Å². The fourth-order valence-corrected chi connectivity index (χ4v) is 4.96. The van der Waals surface area contributed by atoms with Gasteiger partial charge >= 0.3 is 0 Å². The average molecular weight is 483 g/mol. The summed E-state index contributed by atoms with van der Waals surface area (Å²) in [6.45, 7) is 8.04. The zero-order valence-electron chi connectivity index (χ0n) is 19.7. The van der Waals surface area contributed by atoms with Crippen LogP contribution < -0.4 is 5.56 Å². The van der Waals surface area contributed by atoms with Crippen LogP contribution in [0, 0.1) is 5.82 Å². The number of hydrogen-bond donors (Lipinski definition) is 0. The maximum absolute atomic E-state index is 14.2. The molecule has 0 amide bonds. The summed E-state index contributed by atoms with van der Waals surface area (Å²) in [5.74, 6) is 0.203. The number of halogens is 1. The first kappa shape index (κ1) is 22.3. The second kappa shape index (κ2) is 8.51. The fourth-order valence-electron chi connectivity index (χ4n) is 4.96. The van der Waals surface area contributed by atoms with Crippen molar-refractivity contribution < 1.29 is 18.4 Å². The van der Waals surface area contributed by atoms with Crippen LogP contribution in [0.25, 0.3) is 28.1 Å².